The zero-order valence-electron chi connectivity index (χ0n) is 30.3. The Hall–Kier alpha value is -6.06. The van der Waals surface area contributed by atoms with E-state index in [1.165, 1.54) is 60.7 Å². The van der Waals surface area contributed by atoms with Crippen molar-refractivity contribution in [3.63, 3.8) is 0 Å². The van der Waals surface area contributed by atoms with E-state index in [2.05, 4.69) is 140 Å². The van der Waals surface area contributed by atoms with E-state index in [0.29, 0.717) is 0 Å². The summed E-state index contributed by atoms with van der Waals surface area (Å²) in [7, 11) is 0. The van der Waals surface area contributed by atoms with E-state index in [4.69, 9.17) is 4.98 Å². The fourth-order valence-corrected chi connectivity index (χ4v) is 6.88. The molecule has 54 heavy (non-hydrogen) atoms. The van der Waals surface area contributed by atoms with Gasteiger partial charge in [0, 0.05) is 44.1 Å². The Balaban J connectivity index is 0.000000294. The molecule has 3 aromatic heterocycles. The summed E-state index contributed by atoms with van der Waals surface area (Å²) in [6.45, 7) is 6.45. The van der Waals surface area contributed by atoms with Crippen molar-refractivity contribution in [1.29, 1.82) is 0 Å². The van der Waals surface area contributed by atoms with Crippen molar-refractivity contribution in [3.8, 4) is 55.9 Å². The summed E-state index contributed by atoms with van der Waals surface area (Å²) >= 11 is 0. The summed E-state index contributed by atoms with van der Waals surface area (Å²) in [5.74, 6) is 0. The fraction of sp³-hybridized carbons (Fsp3) is 0.0600. The van der Waals surface area contributed by atoms with Gasteiger partial charge in [0.1, 0.15) is 0 Å². The maximum atomic E-state index is 4.76. The molecule has 0 saturated carbocycles. The minimum Gasteiger partial charge on any atom is -0.305 e. The average molecular weight is 872 g/mol. The van der Waals surface area contributed by atoms with Gasteiger partial charge in [0.05, 0.1) is 5.52 Å². The Morgan fingerprint density at radius 2 is 1.22 bits per heavy atom. The van der Waals surface area contributed by atoms with Crippen LogP contribution in [0.4, 0.5) is 0 Å². The van der Waals surface area contributed by atoms with Crippen LogP contribution in [0.5, 0.6) is 0 Å². The average Bonchev–Trinajstić information content (AvgIpc) is 3.23. The second-order valence-electron chi connectivity index (χ2n) is 13.2. The van der Waals surface area contributed by atoms with Gasteiger partial charge in [0.25, 0.3) is 0 Å². The van der Waals surface area contributed by atoms with Crippen LogP contribution in [0.2, 0.25) is 0 Å². The number of fused-ring (bicyclic) bond motifs is 3. The van der Waals surface area contributed by atoms with Crippen molar-refractivity contribution >= 4 is 21.7 Å². The minimum absolute atomic E-state index is 0. The minimum atomic E-state index is 0. The van der Waals surface area contributed by atoms with E-state index >= 15 is 0 Å². The Labute approximate surface area is 330 Å². The first-order valence-electron chi connectivity index (χ1n) is 17.8. The predicted octanol–water partition coefficient (Wildman–Crippen LogP) is 12.7. The molecule has 9 rings (SSSR count). The molecule has 3 heterocycles. The van der Waals surface area contributed by atoms with Crippen molar-refractivity contribution in [2.24, 2.45) is 0 Å². The first-order valence-corrected chi connectivity index (χ1v) is 17.8. The molecular weight excluding hydrogens is 835 g/mol. The van der Waals surface area contributed by atoms with Crippen LogP contribution < -0.4 is 0 Å². The molecule has 3 nitrogen and oxygen atoms in total. The van der Waals surface area contributed by atoms with Crippen LogP contribution >= 0.6 is 0 Å². The van der Waals surface area contributed by atoms with Crippen molar-refractivity contribution in [2.75, 3.05) is 0 Å². The third-order valence-electron chi connectivity index (χ3n) is 9.86. The third kappa shape index (κ3) is 7.54. The van der Waals surface area contributed by atoms with Gasteiger partial charge in [-0.3, -0.25) is 4.98 Å². The molecule has 6 aromatic carbocycles. The van der Waals surface area contributed by atoms with Crippen molar-refractivity contribution in [3.05, 3.63) is 199 Å². The molecule has 0 unspecified atom stereocenters. The topological polar surface area (TPSA) is 38.7 Å². The molecule has 0 bridgehead atoms. The normalized spacial score (nSPS) is 10.7. The summed E-state index contributed by atoms with van der Waals surface area (Å²) in [6, 6.07) is 59.2. The summed E-state index contributed by atoms with van der Waals surface area (Å²) < 4.78 is 0. The molecule has 0 fully saturated rings. The monoisotopic (exact) mass is 872 g/mol. The van der Waals surface area contributed by atoms with Gasteiger partial charge >= 0.3 is 0 Å². The van der Waals surface area contributed by atoms with E-state index in [1.807, 2.05) is 67.0 Å². The molecule has 9 aromatic rings. The quantitative estimate of drug-likeness (QED) is 0.128. The Morgan fingerprint density at radius 1 is 0.426 bits per heavy atom. The first-order chi connectivity index (χ1) is 26.0. The first kappa shape index (κ1) is 36.3. The van der Waals surface area contributed by atoms with Crippen LogP contribution in [0.15, 0.2) is 170 Å². The van der Waals surface area contributed by atoms with Crippen LogP contribution in [-0.2, 0) is 20.1 Å². The number of benzene rings is 6. The zero-order valence-corrected chi connectivity index (χ0v) is 32.7. The van der Waals surface area contributed by atoms with E-state index in [9.17, 15) is 0 Å². The third-order valence-corrected chi connectivity index (χ3v) is 9.86. The van der Waals surface area contributed by atoms with Gasteiger partial charge in [0.15, 0.2) is 0 Å². The number of hydrogen-bond donors (Lipinski definition) is 0. The maximum absolute atomic E-state index is 4.76. The maximum Gasteiger partial charge on any atom is 0.0714 e. The molecule has 0 aliphatic carbocycles. The molecule has 0 aliphatic rings. The second kappa shape index (κ2) is 16.3. The van der Waals surface area contributed by atoms with Gasteiger partial charge in [-0.15, -0.1) is 71.3 Å². The Kier molecular flexibility index (Phi) is 11.0. The molecule has 0 saturated heterocycles. The largest absolute Gasteiger partial charge is 0.305 e. The number of hydrogen-bond acceptors (Lipinski definition) is 3. The van der Waals surface area contributed by atoms with E-state index in [-0.39, 0.29) is 20.1 Å². The predicted molar refractivity (Wildman–Crippen MR) is 220 cm³/mol. The molecule has 1 radical (unpaired) electrons. The number of aryl methyl sites for hydroxylation is 2. The molecular formula is C50H37IrN3-2. The van der Waals surface area contributed by atoms with E-state index < -0.39 is 0 Å². The fourth-order valence-electron chi connectivity index (χ4n) is 6.88. The standard InChI is InChI=1S/C39H29N2.C11H8N.Ir/c1-25-20-38(41-24-26(25)2)31-13-7-12-30(21-31)32-14-8-15-33(27(32)3)37-23-39-35(16-9-19-40-39)34-18-17-29(22-36(34)37)28-10-5-4-6-11-28;1-2-6-10(7-3-1)11-8-4-5-9-12-11;/h4-12,14-24H,1-3H3;1-6,8-9H;/q2*-1;. The van der Waals surface area contributed by atoms with Gasteiger partial charge in [-0.2, -0.15) is 0 Å². The SMILES string of the molecule is Cc1cnc(-c2[c-]ccc(-c3cccc(-c4cc5ncccc5c5ccc(-c6ccccc6)cc45)c3C)c2)cc1C.[Ir].[c-]1ccccc1-c1ccccn1. The van der Waals surface area contributed by atoms with Gasteiger partial charge < -0.3 is 9.97 Å². The molecule has 4 heteroatoms. The number of nitrogens with zero attached hydrogens (tertiary/aromatic N) is 3. The second-order valence-corrected chi connectivity index (χ2v) is 13.2. The van der Waals surface area contributed by atoms with Crippen molar-refractivity contribution in [1.82, 2.24) is 15.0 Å². The number of rotatable bonds is 5. The molecule has 0 aliphatic heterocycles. The molecule has 0 amide bonds. The zero-order chi connectivity index (χ0) is 36.1. The molecule has 0 N–H and O–H groups in total. The van der Waals surface area contributed by atoms with Crippen LogP contribution in [0.25, 0.3) is 77.6 Å². The number of aromatic nitrogens is 3. The van der Waals surface area contributed by atoms with E-state index in [0.717, 1.165) is 33.6 Å². The Morgan fingerprint density at radius 3 is 2.02 bits per heavy atom. The van der Waals surface area contributed by atoms with Gasteiger partial charge in [-0.25, -0.2) is 0 Å². The number of pyridine rings is 3. The van der Waals surface area contributed by atoms with Gasteiger partial charge in [0.2, 0.25) is 0 Å². The van der Waals surface area contributed by atoms with E-state index in [1.54, 1.807) is 6.20 Å². The Bertz CT molecular complexity index is 2650. The van der Waals surface area contributed by atoms with Crippen LogP contribution in [0.1, 0.15) is 16.7 Å². The van der Waals surface area contributed by atoms with Crippen LogP contribution in [0.3, 0.4) is 0 Å². The smallest absolute Gasteiger partial charge is 0.0714 e. The van der Waals surface area contributed by atoms with Gasteiger partial charge in [-0.05, 0) is 106 Å². The summed E-state index contributed by atoms with van der Waals surface area (Å²) in [5.41, 5.74) is 15.8. The molecule has 263 valence electrons. The summed E-state index contributed by atoms with van der Waals surface area (Å²) in [5, 5.41) is 3.62. The van der Waals surface area contributed by atoms with Crippen molar-refractivity contribution < 1.29 is 20.1 Å². The van der Waals surface area contributed by atoms with Crippen LogP contribution in [0, 0.1) is 32.9 Å². The molecule has 0 atom stereocenters. The van der Waals surface area contributed by atoms with Gasteiger partial charge in [-0.1, -0.05) is 90.5 Å². The summed E-state index contributed by atoms with van der Waals surface area (Å²) in [4.78, 5) is 13.7. The summed E-state index contributed by atoms with van der Waals surface area (Å²) in [6.07, 6.45) is 5.61. The molecule has 0 spiro atoms. The van der Waals surface area contributed by atoms with Crippen LogP contribution in [-0.4, -0.2) is 15.0 Å². The van der Waals surface area contributed by atoms with Crippen molar-refractivity contribution in [2.45, 2.75) is 20.8 Å².